The van der Waals surface area contributed by atoms with E-state index in [2.05, 4.69) is 39.0 Å². The quantitative estimate of drug-likeness (QED) is 0.127. The Morgan fingerprint density at radius 2 is 1.63 bits per heavy atom. The SMILES string of the molecule is CCC(C)C/C=C/C[C@@H]1/C=C(\C)C[C@H](C)C[C@H](OC)[C@H]2O[C@@](O)(C(=O)C(=O)N3CCCC[C@H]3C(=O)O[C@H](/C(C)=C/C3CCC(O)CC3)[C@H](C)[C@@H](O)CC1=O)[C@H](C)C[C@@H]2OC. The third kappa shape index (κ3) is 12.9. The molecule has 0 aromatic rings. The number of carbonyl (C=O) groups excluding carboxylic acids is 4. The van der Waals surface area contributed by atoms with E-state index in [1.807, 2.05) is 19.9 Å². The monoisotopic (exact) mass is 844 g/mol. The number of carbonyl (C=O) groups is 4. The normalized spacial score (nSPS) is 39.0. The van der Waals surface area contributed by atoms with E-state index in [9.17, 15) is 34.5 Å². The molecule has 2 bridgehead atoms. The maximum absolute atomic E-state index is 14.4. The number of esters is 1. The van der Waals surface area contributed by atoms with Crippen LogP contribution < -0.4 is 0 Å². The molecule has 1 unspecified atom stereocenters. The van der Waals surface area contributed by atoms with Crippen molar-refractivity contribution in [3.63, 3.8) is 0 Å². The fourth-order valence-electron chi connectivity index (χ4n) is 9.70. The Balaban J connectivity index is 1.78. The summed E-state index contributed by atoms with van der Waals surface area (Å²) in [5.41, 5.74) is 1.71. The predicted molar refractivity (Wildman–Crippen MR) is 229 cm³/mol. The van der Waals surface area contributed by atoms with Gasteiger partial charge in [-0.05, 0) is 114 Å². The third-order valence-corrected chi connectivity index (χ3v) is 13.9. The van der Waals surface area contributed by atoms with Crippen LogP contribution in [0.15, 0.2) is 35.5 Å². The molecule has 3 fully saturated rings. The molecule has 2 saturated heterocycles. The number of allylic oxidation sites excluding steroid dienone is 5. The standard InChI is InChI=1S/C48H77NO11/c1-10-29(2)15-11-12-16-36-24-30(3)23-31(4)25-41(57-8)44-42(58-9)27-33(6)48(56,60-44)45(53)46(54)49-22-14-13-17-38(49)47(55)59-43(34(7)39(51)28-40(36)52)32(5)26-35-18-20-37(50)21-19-35/h11-12,24,26,29,31,33-39,41-44,50-51,56H,10,13-23,25,27-28H2,1-9H3/b12-11+,30-24+,32-26+/t29?,31-,33+,34+,35?,36+,37?,38-,39-,41-,42-,43+,44+,48+/m0/s1. The number of hydrogen-bond acceptors (Lipinski definition) is 11. The number of nitrogens with zero attached hydrogens (tertiary/aromatic N) is 1. The van der Waals surface area contributed by atoms with E-state index in [1.165, 1.54) is 4.90 Å². The van der Waals surface area contributed by atoms with Gasteiger partial charge in [0.05, 0.1) is 24.4 Å². The Kier molecular flexibility index (Phi) is 19.2. The second-order valence-electron chi connectivity index (χ2n) is 18.9. The van der Waals surface area contributed by atoms with Gasteiger partial charge in [0.2, 0.25) is 5.79 Å². The van der Waals surface area contributed by atoms with Crippen LogP contribution in [-0.4, -0.2) is 113 Å². The molecule has 3 aliphatic heterocycles. The molecule has 60 heavy (non-hydrogen) atoms. The first-order valence-corrected chi connectivity index (χ1v) is 22.8. The molecule has 1 aliphatic carbocycles. The third-order valence-electron chi connectivity index (χ3n) is 13.9. The van der Waals surface area contributed by atoms with Crippen molar-refractivity contribution in [1.29, 1.82) is 0 Å². The van der Waals surface area contributed by atoms with Crippen LogP contribution in [0, 0.1) is 35.5 Å². The second kappa shape index (κ2) is 23.1. The van der Waals surface area contributed by atoms with Gasteiger partial charge < -0.3 is 39.2 Å². The number of fused-ring (bicyclic) bond motifs is 3. The Labute approximate surface area is 359 Å². The van der Waals surface area contributed by atoms with E-state index in [0.717, 1.165) is 31.3 Å². The molecule has 0 radical (unpaired) electrons. The first-order chi connectivity index (χ1) is 28.4. The molecule has 1 amide bonds. The maximum Gasteiger partial charge on any atom is 0.329 e. The lowest BCUT2D eigenvalue weighted by Crippen LogP contribution is -2.64. The highest BCUT2D eigenvalue weighted by Crippen LogP contribution is 2.39. The van der Waals surface area contributed by atoms with Crippen LogP contribution in [-0.2, 0) is 38.1 Å². The summed E-state index contributed by atoms with van der Waals surface area (Å²) < 4.78 is 24.4. The van der Waals surface area contributed by atoms with E-state index in [0.29, 0.717) is 56.4 Å². The number of cyclic esters (lactones) is 1. The lowest BCUT2D eigenvalue weighted by Gasteiger charge is -2.47. The Morgan fingerprint density at radius 3 is 2.28 bits per heavy atom. The molecule has 4 rings (SSSR count). The topological polar surface area (TPSA) is 169 Å². The maximum atomic E-state index is 14.4. The lowest BCUT2D eigenvalue weighted by atomic mass is 9.82. The van der Waals surface area contributed by atoms with Crippen LogP contribution >= 0.6 is 0 Å². The van der Waals surface area contributed by atoms with E-state index >= 15 is 0 Å². The lowest BCUT2D eigenvalue weighted by molar-refractivity contribution is -0.302. The van der Waals surface area contributed by atoms with Crippen molar-refractivity contribution in [2.45, 2.75) is 187 Å². The van der Waals surface area contributed by atoms with Crippen molar-refractivity contribution in [2.75, 3.05) is 20.8 Å². The van der Waals surface area contributed by atoms with Crippen molar-refractivity contribution in [3.8, 4) is 0 Å². The Hall–Kier alpha value is -2.74. The Bertz CT molecular complexity index is 1530. The zero-order valence-electron chi connectivity index (χ0n) is 38.0. The molecule has 0 aromatic carbocycles. The molecule has 0 spiro atoms. The van der Waals surface area contributed by atoms with Gasteiger partial charge >= 0.3 is 5.97 Å². The predicted octanol–water partition coefficient (Wildman–Crippen LogP) is 6.82. The molecule has 12 nitrogen and oxygen atoms in total. The Morgan fingerprint density at radius 1 is 0.967 bits per heavy atom. The first-order valence-electron chi connectivity index (χ1n) is 22.8. The van der Waals surface area contributed by atoms with Crippen molar-refractivity contribution in [2.24, 2.45) is 35.5 Å². The summed E-state index contributed by atoms with van der Waals surface area (Å²) in [5.74, 6) is -6.85. The highest BCUT2D eigenvalue weighted by Gasteiger charge is 2.56. The van der Waals surface area contributed by atoms with Crippen molar-refractivity contribution < 1.29 is 53.4 Å². The molecule has 12 heteroatoms. The summed E-state index contributed by atoms with van der Waals surface area (Å²) in [7, 11) is 3.09. The van der Waals surface area contributed by atoms with E-state index in [4.69, 9.17) is 18.9 Å². The number of ether oxygens (including phenoxy) is 4. The summed E-state index contributed by atoms with van der Waals surface area (Å²) in [6.45, 7) is 13.8. The number of amides is 1. The van der Waals surface area contributed by atoms with Gasteiger partial charge in [-0.25, -0.2) is 4.79 Å². The highest BCUT2D eigenvalue weighted by molar-refractivity contribution is 6.39. The number of Topliss-reactive ketones (excluding diaryl/α,β-unsaturated/α-hetero) is 2. The van der Waals surface area contributed by atoms with Crippen molar-refractivity contribution in [1.82, 2.24) is 4.90 Å². The van der Waals surface area contributed by atoms with Gasteiger partial charge in [-0.2, -0.15) is 0 Å². The average molecular weight is 844 g/mol. The molecular weight excluding hydrogens is 767 g/mol. The van der Waals surface area contributed by atoms with Crippen LogP contribution in [0.25, 0.3) is 0 Å². The van der Waals surface area contributed by atoms with Crippen LogP contribution in [0.4, 0.5) is 0 Å². The van der Waals surface area contributed by atoms with E-state index in [1.54, 1.807) is 28.1 Å². The number of aliphatic hydroxyl groups is 3. The number of aliphatic hydroxyl groups excluding tert-OH is 2. The summed E-state index contributed by atoms with van der Waals surface area (Å²) in [4.78, 5) is 58.3. The summed E-state index contributed by atoms with van der Waals surface area (Å²) >= 11 is 0. The zero-order valence-corrected chi connectivity index (χ0v) is 38.0. The van der Waals surface area contributed by atoms with Crippen molar-refractivity contribution in [3.05, 3.63) is 35.5 Å². The van der Waals surface area contributed by atoms with Gasteiger partial charge in [0.15, 0.2) is 0 Å². The smallest absolute Gasteiger partial charge is 0.329 e. The average Bonchev–Trinajstić information content (AvgIpc) is 3.23. The number of methoxy groups -OCH3 is 2. The number of hydrogen-bond donors (Lipinski definition) is 3. The fraction of sp³-hybridized carbons (Fsp3) is 0.792. The molecule has 3 heterocycles. The summed E-state index contributed by atoms with van der Waals surface area (Å²) in [6, 6.07) is -1.12. The number of ketones is 2. The zero-order chi connectivity index (χ0) is 44.3. The number of rotatable bonds is 9. The molecule has 4 aliphatic rings. The van der Waals surface area contributed by atoms with Crippen LogP contribution in [0.1, 0.15) is 138 Å². The fourth-order valence-corrected chi connectivity index (χ4v) is 9.70. The largest absolute Gasteiger partial charge is 0.456 e. The molecule has 12 atom stereocenters. The molecule has 1 saturated carbocycles. The van der Waals surface area contributed by atoms with Crippen LogP contribution in [0.2, 0.25) is 0 Å². The molecule has 340 valence electrons. The van der Waals surface area contributed by atoms with E-state index in [-0.39, 0.29) is 49.5 Å². The van der Waals surface area contributed by atoms with E-state index < -0.39 is 77.8 Å². The molecule has 3 N–H and O–H groups in total. The minimum absolute atomic E-state index is 0.0220. The van der Waals surface area contributed by atoms with Gasteiger partial charge in [-0.1, -0.05) is 70.9 Å². The van der Waals surface area contributed by atoms with Crippen molar-refractivity contribution >= 4 is 23.4 Å². The van der Waals surface area contributed by atoms with Gasteiger partial charge in [-0.15, -0.1) is 0 Å². The number of piperidine rings is 1. The second-order valence-corrected chi connectivity index (χ2v) is 18.9. The minimum Gasteiger partial charge on any atom is -0.456 e. The van der Waals surface area contributed by atoms with Gasteiger partial charge in [0.1, 0.15) is 24.0 Å². The summed E-state index contributed by atoms with van der Waals surface area (Å²) in [6.07, 6.45) is 11.6. The van der Waals surface area contributed by atoms with Gasteiger partial charge in [-0.3, -0.25) is 14.4 Å². The molecule has 0 aromatic heterocycles. The highest BCUT2D eigenvalue weighted by atomic mass is 16.7. The van der Waals surface area contributed by atoms with Gasteiger partial charge in [0, 0.05) is 44.9 Å². The molecular formula is C48H77NO11. The van der Waals surface area contributed by atoms with Crippen LogP contribution in [0.3, 0.4) is 0 Å². The first kappa shape index (κ1) is 49.9. The summed E-state index contributed by atoms with van der Waals surface area (Å²) in [5, 5.41) is 34.1. The minimum atomic E-state index is -2.50. The van der Waals surface area contributed by atoms with Gasteiger partial charge in [0.25, 0.3) is 11.7 Å². The van der Waals surface area contributed by atoms with Crippen LogP contribution in [0.5, 0.6) is 0 Å².